The molecule has 4 nitrogen and oxygen atoms in total. The molecule has 1 saturated heterocycles. The topological polar surface area (TPSA) is 64.7 Å². The lowest BCUT2D eigenvalue weighted by Crippen LogP contribution is -2.51. The minimum atomic E-state index is -0.508. The number of aliphatic hydroxyl groups is 1. The standard InChI is InChI=1S/C10H21NO3/c1-13-8-10(9(12)4-6-11)5-2-3-7-14-10/h9,12H,2-8,11H2,1H3/t9-,10?/m0/s1. The summed E-state index contributed by atoms with van der Waals surface area (Å²) in [7, 11) is 1.63. The van der Waals surface area contributed by atoms with Gasteiger partial charge in [-0.1, -0.05) is 0 Å². The van der Waals surface area contributed by atoms with E-state index in [1.807, 2.05) is 0 Å². The molecule has 3 N–H and O–H groups in total. The largest absolute Gasteiger partial charge is 0.390 e. The first-order valence-electron chi connectivity index (χ1n) is 5.26. The number of methoxy groups -OCH3 is 1. The van der Waals surface area contributed by atoms with E-state index < -0.39 is 11.7 Å². The first-order valence-corrected chi connectivity index (χ1v) is 5.26. The van der Waals surface area contributed by atoms with E-state index in [-0.39, 0.29) is 0 Å². The summed E-state index contributed by atoms with van der Waals surface area (Å²) < 4.78 is 10.8. The molecule has 1 rings (SSSR count). The van der Waals surface area contributed by atoms with Crippen LogP contribution in [0.5, 0.6) is 0 Å². The third-order valence-corrected chi connectivity index (χ3v) is 2.82. The van der Waals surface area contributed by atoms with Gasteiger partial charge in [-0.15, -0.1) is 0 Å². The van der Waals surface area contributed by atoms with E-state index in [4.69, 9.17) is 15.2 Å². The van der Waals surface area contributed by atoms with Crippen LogP contribution in [-0.2, 0) is 9.47 Å². The molecule has 0 bridgehead atoms. The van der Waals surface area contributed by atoms with Crippen LogP contribution in [0.3, 0.4) is 0 Å². The van der Waals surface area contributed by atoms with E-state index in [1.54, 1.807) is 7.11 Å². The molecule has 1 aliphatic heterocycles. The summed E-state index contributed by atoms with van der Waals surface area (Å²) in [6.07, 6.45) is 3.09. The Bertz CT molecular complexity index is 152. The lowest BCUT2D eigenvalue weighted by molar-refractivity contribution is -0.175. The third kappa shape index (κ3) is 2.67. The minimum absolute atomic E-state index is 0.453. The maximum atomic E-state index is 9.97. The number of ether oxygens (including phenoxy) is 2. The van der Waals surface area contributed by atoms with Gasteiger partial charge >= 0.3 is 0 Å². The number of nitrogens with two attached hydrogens (primary N) is 1. The molecule has 0 aromatic heterocycles. The zero-order valence-electron chi connectivity index (χ0n) is 8.87. The Kier molecular flexibility index (Phi) is 4.81. The number of rotatable bonds is 5. The molecule has 4 heteroatoms. The lowest BCUT2D eigenvalue weighted by atomic mass is 9.87. The molecule has 0 radical (unpaired) electrons. The molecular weight excluding hydrogens is 182 g/mol. The van der Waals surface area contributed by atoms with Gasteiger partial charge in [0.25, 0.3) is 0 Å². The Morgan fingerprint density at radius 3 is 2.86 bits per heavy atom. The van der Waals surface area contributed by atoms with Gasteiger partial charge in [-0.2, -0.15) is 0 Å². The highest BCUT2D eigenvalue weighted by Gasteiger charge is 2.40. The minimum Gasteiger partial charge on any atom is -0.390 e. The summed E-state index contributed by atoms with van der Waals surface area (Å²) in [5.74, 6) is 0. The number of hydrogen-bond donors (Lipinski definition) is 2. The zero-order chi connectivity index (χ0) is 10.4. The van der Waals surface area contributed by atoms with Gasteiger partial charge in [0.1, 0.15) is 5.60 Å². The van der Waals surface area contributed by atoms with Crippen LogP contribution in [0.2, 0.25) is 0 Å². The molecule has 0 amide bonds. The van der Waals surface area contributed by atoms with Crippen LogP contribution in [0.25, 0.3) is 0 Å². The Labute approximate surface area is 85.4 Å². The van der Waals surface area contributed by atoms with Gasteiger partial charge in [-0.3, -0.25) is 0 Å². The molecule has 0 aromatic rings. The summed E-state index contributed by atoms with van der Waals surface area (Å²) >= 11 is 0. The van der Waals surface area contributed by atoms with E-state index >= 15 is 0 Å². The molecule has 2 atom stereocenters. The highest BCUT2D eigenvalue weighted by Crippen LogP contribution is 2.30. The Hall–Kier alpha value is -0.160. The summed E-state index contributed by atoms with van der Waals surface area (Å²) in [4.78, 5) is 0. The Morgan fingerprint density at radius 1 is 1.57 bits per heavy atom. The van der Waals surface area contributed by atoms with Gasteiger partial charge in [0, 0.05) is 13.7 Å². The predicted octanol–water partition coefficient (Wildman–Crippen LogP) is 0.282. The average molecular weight is 203 g/mol. The highest BCUT2D eigenvalue weighted by molar-refractivity contribution is 4.90. The van der Waals surface area contributed by atoms with Crippen LogP contribution < -0.4 is 5.73 Å². The van der Waals surface area contributed by atoms with E-state index in [0.29, 0.717) is 26.2 Å². The maximum Gasteiger partial charge on any atom is 0.117 e. The van der Waals surface area contributed by atoms with Crippen molar-refractivity contribution in [2.75, 3.05) is 26.9 Å². The fourth-order valence-corrected chi connectivity index (χ4v) is 2.01. The molecule has 1 aliphatic rings. The SMILES string of the molecule is COCC1([C@@H](O)CCN)CCCCO1. The fraction of sp³-hybridized carbons (Fsp3) is 1.00. The fourth-order valence-electron chi connectivity index (χ4n) is 2.01. The molecule has 0 aromatic carbocycles. The summed E-state index contributed by atoms with van der Waals surface area (Å²) in [6.45, 7) is 1.65. The van der Waals surface area contributed by atoms with Gasteiger partial charge in [0.05, 0.1) is 12.7 Å². The van der Waals surface area contributed by atoms with Gasteiger partial charge in [-0.05, 0) is 32.2 Å². The average Bonchev–Trinajstić information content (AvgIpc) is 2.20. The van der Waals surface area contributed by atoms with Crippen LogP contribution >= 0.6 is 0 Å². The lowest BCUT2D eigenvalue weighted by Gasteiger charge is -2.40. The van der Waals surface area contributed by atoms with Crippen molar-refractivity contribution < 1.29 is 14.6 Å². The first-order chi connectivity index (χ1) is 6.75. The number of hydrogen-bond acceptors (Lipinski definition) is 4. The third-order valence-electron chi connectivity index (χ3n) is 2.82. The molecule has 0 saturated carbocycles. The predicted molar refractivity (Wildman–Crippen MR) is 54.1 cm³/mol. The number of aliphatic hydroxyl groups excluding tert-OH is 1. The molecule has 1 fully saturated rings. The summed E-state index contributed by atoms with van der Waals surface area (Å²) in [5, 5.41) is 9.97. The van der Waals surface area contributed by atoms with Crippen molar-refractivity contribution in [1.29, 1.82) is 0 Å². The van der Waals surface area contributed by atoms with Crippen molar-refractivity contribution >= 4 is 0 Å². The smallest absolute Gasteiger partial charge is 0.117 e. The molecule has 1 unspecified atom stereocenters. The van der Waals surface area contributed by atoms with Crippen molar-refractivity contribution in [3.05, 3.63) is 0 Å². The zero-order valence-corrected chi connectivity index (χ0v) is 8.87. The monoisotopic (exact) mass is 203 g/mol. The second-order valence-corrected chi connectivity index (χ2v) is 3.90. The van der Waals surface area contributed by atoms with Crippen LogP contribution in [0.1, 0.15) is 25.7 Å². The summed E-state index contributed by atoms with van der Waals surface area (Å²) in [5.41, 5.74) is 4.93. The van der Waals surface area contributed by atoms with Crippen molar-refractivity contribution in [1.82, 2.24) is 0 Å². The Balaban J connectivity index is 2.58. The normalized spacial score (nSPS) is 30.2. The quantitative estimate of drug-likeness (QED) is 0.673. The van der Waals surface area contributed by atoms with Crippen molar-refractivity contribution in [2.24, 2.45) is 5.73 Å². The van der Waals surface area contributed by atoms with Gasteiger partial charge in [0.2, 0.25) is 0 Å². The van der Waals surface area contributed by atoms with E-state index in [2.05, 4.69) is 0 Å². The van der Waals surface area contributed by atoms with E-state index in [9.17, 15) is 5.11 Å². The van der Waals surface area contributed by atoms with Crippen LogP contribution in [0.15, 0.2) is 0 Å². The van der Waals surface area contributed by atoms with E-state index in [0.717, 1.165) is 19.3 Å². The van der Waals surface area contributed by atoms with Crippen molar-refractivity contribution in [3.8, 4) is 0 Å². The molecule has 1 heterocycles. The van der Waals surface area contributed by atoms with Crippen molar-refractivity contribution in [2.45, 2.75) is 37.4 Å². The van der Waals surface area contributed by atoms with Gasteiger partial charge in [-0.25, -0.2) is 0 Å². The second kappa shape index (κ2) is 5.66. The molecule has 14 heavy (non-hydrogen) atoms. The molecular formula is C10H21NO3. The second-order valence-electron chi connectivity index (χ2n) is 3.90. The van der Waals surface area contributed by atoms with Crippen LogP contribution in [-0.4, -0.2) is 43.7 Å². The Morgan fingerprint density at radius 2 is 2.36 bits per heavy atom. The molecule has 84 valence electrons. The first kappa shape index (κ1) is 11.9. The van der Waals surface area contributed by atoms with Crippen LogP contribution in [0, 0.1) is 0 Å². The van der Waals surface area contributed by atoms with Crippen LogP contribution in [0.4, 0.5) is 0 Å². The van der Waals surface area contributed by atoms with E-state index in [1.165, 1.54) is 0 Å². The molecule has 0 aliphatic carbocycles. The summed E-state index contributed by atoms with van der Waals surface area (Å²) in [6, 6.07) is 0. The maximum absolute atomic E-state index is 9.97. The highest BCUT2D eigenvalue weighted by atomic mass is 16.5. The van der Waals surface area contributed by atoms with Crippen molar-refractivity contribution in [3.63, 3.8) is 0 Å². The van der Waals surface area contributed by atoms with Gasteiger partial charge < -0.3 is 20.3 Å². The molecule has 0 spiro atoms. The van der Waals surface area contributed by atoms with Gasteiger partial charge in [0.15, 0.2) is 0 Å².